The molecule has 0 saturated heterocycles. The average molecular weight is 341 g/mol. The highest BCUT2D eigenvalue weighted by Gasteiger charge is 2.21. The lowest BCUT2D eigenvalue weighted by molar-refractivity contribution is 0.153. The van der Waals surface area contributed by atoms with E-state index in [1.54, 1.807) is 7.05 Å². The molecule has 0 amide bonds. The second-order valence-corrected chi connectivity index (χ2v) is 5.93. The molecule has 18 heavy (non-hydrogen) atoms. The first-order valence-electron chi connectivity index (χ1n) is 5.51. The van der Waals surface area contributed by atoms with E-state index in [1.165, 1.54) is 6.07 Å². The lowest BCUT2D eigenvalue weighted by atomic mass is 10.4. The van der Waals surface area contributed by atoms with E-state index < -0.39 is 10.0 Å². The topological polar surface area (TPSA) is 80.6 Å². The number of hydrogen-bond donors (Lipinski definition) is 2. The lowest BCUT2D eigenvalue weighted by Crippen LogP contribution is -2.27. The van der Waals surface area contributed by atoms with Gasteiger partial charge in [-0.05, 0) is 29.9 Å². The fourth-order valence-electron chi connectivity index (χ4n) is 1.31. The number of ether oxygens (including phenoxy) is 1. The summed E-state index contributed by atoms with van der Waals surface area (Å²) in [5, 5.41) is 2.89. The molecule has 1 rings (SSSR count). The van der Waals surface area contributed by atoms with Crippen LogP contribution in [-0.4, -0.2) is 35.2 Å². The van der Waals surface area contributed by atoms with E-state index in [4.69, 9.17) is 9.15 Å². The molecule has 2 N–H and O–H groups in total. The smallest absolute Gasteiger partial charge is 0.245 e. The zero-order chi connectivity index (χ0) is 13.6. The third kappa shape index (κ3) is 4.36. The highest BCUT2D eigenvalue weighted by Crippen LogP contribution is 2.25. The van der Waals surface area contributed by atoms with Crippen LogP contribution in [0.4, 0.5) is 0 Å². The predicted octanol–water partition coefficient (Wildman–Crippen LogP) is 1.08. The molecule has 104 valence electrons. The van der Waals surface area contributed by atoms with E-state index in [1.807, 2.05) is 6.92 Å². The van der Waals surface area contributed by atoms with E-state index in [-0.39, 0.29) is 16.1 Å². The van der Waals surface area contributed by atoms with Crippen molar-refractivity contribution >= 4 is 26.0 Å². The number of sulfonamides is 1. The van der Waals surface area contributed by atoms with Crippen molar-refractivity contribution in [2.24, 2.45) is 0 Å². The summed E-state index contributed by atoms with van der Waals surface area (Å²) in [6.07, 6.45) is 0. The van der Waals surface area contributed by atoms with Gasteiger partial charge < -0.3 is 14.5 Å². The van der Waals surface area contributed by atoms with Crippen molar-refractivity contribution in [3.8, 4) is 0 Å². The lowest BCUT2D eigenvalue weighted by Gasteiger charge is -2.04. The maximum atomic E-state index is 12.0. The van der Waals surface area contributed by atoms with E-state index >= 15 is 0 Å². The Morgan fingerprint density at radius 1 is 1.50 bits per heavy atom. The number of rotatable bonds is 8. The average Bonchev–Trinajstić information content (AvgIpc) is 2.67. The molecule has 0 unspecified atom stereocenters. The van der Waals surface area contributed by atoms with Crippen LogP contribution in [0.5, 0.6) is 0 Å². The minimum absolute atomic E-state index is 0.101. The van der Waals surface area contributed by atoms with Crippen molar-refractivity contribution in [3.63, 3.8) is 0 Å². The van der Waals surface area contributed by atoms with Gasteiger partial charge in [-0.25, -0.2) is 13.1 Å². The highest BCUT2D eigenvalue weighted by atomic mass is 79.9. The van der Waals surface area contributed by atoms with Crippen LogP contribution in [-0.2, 0) is 21.3 Å². The van der Waals surface area contributed by atoms with Gasteiger partial charge in [0.25, 0.3) is 0 Å². The first-order valence-corrected chi connectivity index (χ1v) is 7.79. The van der Waals surface area contributed by atoms with Crippen LogP contribution in [0, 0.1) is 0 Å². The maximum Gasteiger partial charge on any atom is 0.245 e. The monoisotopic (exact) mass is 340 g/mol. The summed E-state index contributed by atoms with van der Waals surface area (Å²) in [6.45, 7) is 3.45. The van der Waals surface area contributed by atoms with E-state index in [0.717, 1.165) is 0 Å². The molecule has 1 aromatic heterocycles. The first kappa shape index (κ1) is 15.6. The molecule has 0 atom stereocenters. The molecule has 0 aliphatic carbocycles. The zero-order valence-corrected chi connectivity index (χ0v) is 12.7. The van der Waals surface area contributed by atoms with Crippen LogP contribution in [0.1, 0.15) is 12.7 Å². The summed E-state index contributed by atoms with van der Waals surface area (Å²) in [6, 6.07) is 1.49. The van der Waals surface area contributed by atoms with Crippen molar-refractivity contribution in [2.75, 3.05) is 26.8 Å². The standard InChI is InChI=1S/C10H17BrN2O4S/c1-3-16-5-4-13-18(14,15)9-6-8(7-12-2)17-10(9)11/h6,12-13H,3-5,7H2,1-2H3. The summed E-state index contributed by atoms with van der Waals surface area (Å²) in [5.74, 6) is 0.551. The Kier molecular flexibility index (Phi) is 6.30. The Morgan fingerprint density at radius 2 is 2.22 bits per heavy atom. The largest absolute Gasteiger partial charge is 0.452 e. The molecule has 0 spiro atoms. The van der Waals surface area contributed by atoms with Gasteiger partial charge >= 0.3 is 0 Å². The molecule has 0 saturated carbocycles. The van der Waals surface area contributed by atoms with Crippen molar-refractivity contribution < 1.29 is 17.6 Å². The van der Waals surface area contributed by atoms with Gasteiger partial charge in [0.05, 0.1) is 13.2 Å². The van der Waals surface area contributed by atoms with Crippen LogP contribution >= 0.6 is 15.9 Å². The van der Waals surface area contributed by atoms with E-state index in [2.05, 4.69) is 26.0 Å². The third-order valence-electron chi connectivity index (χ3n) is 2.09. The summed E-state index contributed by atoms with van der Waals surface area (Å²) in [4.78, 5) is 0.101. The van der Waals surface area contributed by atoms with Crippen molar-refractivity contribution in [1.82, 2.24) is 10.0 Å². The first-order chi connectivity index (χ1) is 8.51. The van der Waals surface area contributed by atoms with Gasteiger partial charge in [-0.15, -0.1) is 0 Å². The summed E-state index contributed by atoms with van der Waals surface area (Å²) in [7, 11) is -1.81. The summed E-state index contributed by atoms with van der Waals surface area (Å²) < 4.78 is 36.9. The molecular weight excluding hydrogens is 324 g/mol. The minimum atomic E-state index is -3.57. The van der Waals surface area contributed by atoms with Gasteiger partial charge in [-0.2, -0.15) is 0 Å². The SMILES string of the molecule is CCOCCNS(=O)(=O)c1cc(CNC)oc1Br. The number of nitrogens with one attached hydrogen (secondary N) is 2. The maximum absolute atomic E-state index is 12.0. The van der Waals surface area contributed by atoms with Crippen LogP contribution < -0.4 is 10.0 Å². The van der Waals surface area contributed by atoms with Gasteiger partial charge in [0, 0.05) is 19.2 Å². The Balaban J connectivity index is 2.72. The molecule has 0 bridgehead atoms. The quantitative estimate of drug-likeness (QED) is 0.692. The molecule has 0 aromatic carbocycles. The number of halogens is 1. The van der Waals surface area contributed by atoms with Gasteiger partial charge in [0.1, 0.15) is 10.7 Å². The second kappa shape index (κ2) is 7.25. The Labute approximate surface area is 115 Å². The molecule has 0 aliphatic rings. The minimum Gasteiger partial charge on any atom is -0.452 e. The molecule has 0 radical (unpaired) electrons. The fraction of sp³-hybridized carbons (Fsp3) is 0.600. The molecule has 0 aliphatic heterocycles. The molecular formula is C10H17BrN2O4S. The second-order valence-electron chi connectivity index (χ2n) is 3.48. The predicted molar refractivity (Wildman–Crippen MR) is 70.9 cm³/mol. The van der Waals surface area contributed by atoms with Crippen LogP contribution in [0.3, 0.4) is 0 Å². The van der Waals surface area contributed by atoms with Gasteiger partial charge in [0.15, 0.2) is 4.67 Å². The molecule has 0 fully saturated rings. The Hall–Kier alpha value is -0.410. The third-order valence-corrected chi connectivity index (χ3v) is 4.41. The van der Waals surface area contributed by atoms with Crippen LogP contribution in [0.25, 0.3) is 0 Å². The molecule has 6 nitrogen and oxygen atoms in total. The summed E-state index contributed by atoms with van der Waals surface area (Å²) >= 11 is 3.10. The normalized spacial score (nSPS) is 11.9. The van der Waals surface area contributed by atoms with Gasteiger partial charge in [-0.1, -0.05) is 0 Å². The van der Waals surface area contributed by atoms with Crippen molar-refractivity contribution in [3.05, 3.63) is 16.5 Å². The summed E-state index contributed by atoms with van der Waals surface area (Å²) in [5.41, 5.74) is 0. The Bertz CT molecular complexity index is 472. The van der Waals surface area contributed by atoms with Gasteiger partial charge in [-0.3, -0.25) is 0 Å². The fourth-order valence-corrected chi connectivity index (χ4v) is 3.32. The van der Waals surface area contributed by atoms with Crippen molar-refractivity contribution in [1.29, 1.82) is 0 Å². The number of furan rings is 1. The molecule has 8 heteroatoms. The van der Waals surface area contributed by atoms with Gasteiger partial charge in [0.2, 0.25) is 10.0 Å². The Morgan fingerprint density at radius 3 is 2.83 bits per heavy atom. The van der Waals surface area contributed by atoms with Crippen LogP contribution in [0.15, 0.2) is 20.0 Å². The van der Waals surface area contributed by atoms with Crippen molar-refractivity contribution in [2.45, 2.75) is 18.4 Å². The van der Waals surface area contributed by atoms with Crippen LogP contribution in [0.2, 0.25) is 0 Å². The highest BCUT2D eigenvalue weighted by molar-refractivity contribution is 9.10. The molecule has 1 aromatic rings. The van der Waals surface area contributed by atoms with E-state index in [9.17, 15) is 8.42 Å². The number of hydrogen-bond acceptors (Lipinski definition) is 5. The zero-order valence-electron chi connectivity index (χ0n) is 10.3. The van der Waals surface area contributed by atoms with E-state index in [0.29, 0.717) is 25.5 Å². The molecule has 1 heterocycles.